The van der Waals surface area contributed by atoms with Gasteiger partial charge in [0.25, 0.3) is 5.91 Å². The highest BCUT2D eigenvalue weighted by molar-refractivity contribution is 6.00. The number of allylic oxidation sites excluding steroid dienone is 3. The van der Waals surface area contributed by atoms with Crippen molar-refractivity contribution in [2.75, 3.05) is 19.7 Å². The average molecular weight is 455 g/mol. The highest BCUT2D eigenvalue weighted by Crippen LogP contribution is 2.26. The molecule has 7 nitrogen and oxygen atoms in total. The van der Waals surface area contributed by atoms with Crippen molar-refractivity contribution in [2.24, 2.45) is 5.16 Å². The number of carbonyl (C=O) groups is 2. The summed E-state index contributed by atoms with van der Waals surface area (Å²) >= 11 is 0. The zero-order chi connectivity index (χ0) is 23.6. The summed E-state index contributed by atoms with van der Waals surface area (Å²) in [5.41, 5.74) is 2.13. The van der Waals surface area contributed by atoms with E-state index < -0.39 is 5.97 Å². The fourth-order valence-corrected chi connectivity index (χ4v) is 4.05. The number of hydrogen-bond donors (Lipinski definition) is 1. The zero-order valence-electron chi connectivity index (χ0n) is 19.6. The Balaban J connectivity index is 1.83. The lowest BCUT2D eigenvalue weighted by atomic mass is 9.98. The van der Waals surface area contributed by atoms with E-state index in [1.165, 1.54) is 0 Å². The van der Waals surface area contributed by atoms with Gasteiger partial charge in [-0.2, -0.15) is 0 Å². The van der Waals surface area contributed by atoms with Crippen LogP contribution in [0.4, 0.5) is 0 Å². The maximum Gasteiger partial charge on any atom is 0.342 e. The summed E-state index contributed by atoms with van der Waals surface area (Å²) in [6, 6.07) is 3.39. The molecule has 0 aromatic heterocycles. The molecule has 2 heterocycles. The van der Waals surface area contributed by atoms with Gasteiger partial charge in [0, 0.05) is 25.9 Å². The highest BCUT2D eigenvalue weighted by Gasteiger charge is 2.22. The van der Waals surface area contributed by atoms with Crippen LogP contribution < -0.4 is 0 Å². The summed E-state index contributed by atoms with van der Waals surface area (Å²) in [5.74, 6) is -0.750. The molecule has 1 aromatic carbocycles. The summed E-state index contributed by atoms with van der Waals surface area (Å²) in [7, 11) is 0. The van der Waals surface area contributed by atoms with Crippen LogP contribution in [0, 0.1) is 6.92 Å². The molecular weight excluding hydrogens is 420 g/mol. The van der Waals surface area contributed by atoms with Gasteiger partial charge in [0.05, 0.1) is 5.71 Å². The van der Waals surface area contributed by atoms with Crippen LogP contribution >= 0.6 is 0 Å². The number of cyclic esters (lactones) is 1. The molecule has 33 heavy (non-hydrogen) atoms. The van der Waals surface area contributed by atoms with E-state index in [-0.39, 0.29) is 36.4 Å². The molecule has 1 atom stereocenters. The third kappa shape index (κ3) is 7.48. The van der Waals surface area contributed by atoms with E-state index in [9.17, 15) is 14.7 Å². The van der Waals surface area contributed by atoms with Crippen LogP contribution in [0.2, 0.25) is 0 Å². The molecule has 7 heteroatoms. The normalized spacial score (nSPS) is 23.2. The summed E-state index contributed by atoms with van der Waals surface area (Å²) < 4.78 is 5.57. The second-order valence-electron chi connectivity index (χ2n) is 8.70. The number of oxime groups is 1. The summed E-state index contributed by atoms with van der Waals surface area (Å²) in [5, 5.41) is 14.7. The van der Waals surface area contributed by atoms with Crippen molar-refractivity contribution in [3.05, 3.63) is 53.1 Å². The first-order chi connectivity index (χ1) is 15.9. The zero-order valence-corrected chi connectivity index (χ0v) is 19.6. The molecule has 1 saturated heterocycles. The molecule has 0 spiro atoms. The van der Waals surface area contributed by atoms with Crippen LogP contribution in [0.25, 0.3) is 0 Å². The molecule has 0 radical (unpaired) electrons. The van der Waals surface area contributed by atoms with Crippen LogP contribution in [0.5, 0.6) is 5.75 Å². The topological polar surface area (TPSA) is 88.4 Å². The van der Waals surface area contributed by atoms with Crippen LogP contribution in [-0.4, -0.2) is 53.4 Å². The molecule has 0 aliphatic carbocycles. The molecule has 2 aliphatic rings. The van der Waals surface area contributed by atoms with Gasteiger partial charge in [-0.25, -0.2) is 4.79 Å². The maximum atomic E-state index is 12.9. The number of fused-ring (bicyclic) bond motifs is 1. The number of rotatable bonds is 3. The molecule has 3 rings (SSSR count). The van der Waals surface area contributed by atoms with Gasteiger partial charge in [0.15, 0.2) is 6.61 Å². The Morgan fingerprint density at radius 1 is 1.18 bits per heavy atom. The number of nitrogens with zero attached hydrogens (tertiary/aromatic N) is 2. The van der Waals surface area contributed by atoms with Gasteiger partial charge in [0.2, 0.25) is 0 Å². The number of ether oxygens (including phenoxy) is 1. The van der Waals surface area contributed by atoms with Crippen molar-refractivity contribution in [1.29, 1.82) is 0 Å². The Morgan fingerprint density at radius 3 is 2.73 bits per heavy atom. The lowest BCUT2D eigenvalue weighted by molar-refractivity contribution is -0.137. The number of hydrogen-bond acceptors (Lipinski definition) is 6. The van der Waals surface area contributed by atoms with E-state index in [4.69, 9.17) is 9.57 Å². The van der Waals surface area contributed by atoms with Gasteiger partial charge >= 0.3 is 5.97 Å². The largest absolute Gasteiger partial charge is 0.507 e. The molecule has 0 saturated carbocycles. The summed E-state index contributed by atoms with van der Waals surface area (Å²) in [6.45, 7) is 5.09. The van der Waals surface area contributed by atoms with Crippen molar-refractivity contribution in [3.63, 3.8) is 0 Å². The number of carbonyl (C=O) groups excluding carboxylic acids is 2. The first-order valence-corrected chi connectivity index (χ1v) is 11.8. The lowest BCUT2D eigenvalue weighted by Gasteiger charge is -2.26. The van der Waals surface area contributed by atoms with Crippen molar-refractivity contribution in [2.45, 2.75) is 64.9 Å². The first-order valence-electron chi connectivity index (χ1n) is 11.8. The smallest absolute Gasteiger partial charge is 0.342 e. The fraction of sp³-hybridized carbons (Fsp3) is 0.500. The van der Waals surface area contributed by atoms with Gasteiger partial charge in [0.1, 0.15) is 17.4 Å². The van der Waals surface area contributed by atoms with E-state index in [2.05, 4.69) is 11.2 Å². The quantitative estimate of drug-likeness (QED) is 0.414. The van der Waals surface area contributed by atoms with Gasteiger partial charge in [-0.05, 0) is 69.2 Å². The second kappa shape index (κ2) is 12.2. The Morgan fingerprint density at radius 2 is 1.94 bits per heavy atom. The van der Waals surface area contributed by atoms with Crippen LogP contribution in [-0.2, 0) is 20.8 Å². The predicted molar refractivity (Wildman–Crippen MR) is 127 cm³/mol. The number of aryl methyl sites for hydroxylation is 1. The Bertz CT molecular complexity index is 929. The van der Waals surface area contributed by atoms with Crippen molar-refractivity contribution in [1.82, 2.24) is 4.90 Å². The number of likely N-dealkylation sites (tertiary alicyclic amines) is 1. The van der Waals surface area contributed by atoms with Crippen molar-refractivity contribution < 1.29 is 24.3 Å². The maximum absolute atomic E-state index is 12.9. The number of aromatic hydroxyl groups is 1. The summed E-state index contributed by atoms with van der Waals surface area (Å²) in [6.07, 6.45) is 13.3. The molecule has 1 amide bonds. The number of benzene rings is 1. The van der Waals surface area contributed by atoms with E-state index in [0.717, 1.165) is 50.8 Å². The molecule has 178 valence electrons. The average Bonchev–Trinajstić information content (AvgIpc) is 2.77. The molecule has 1 N–H and O–H groups in total. The Labute approximate surface area is 195 Å². The second-order valence-corrected chi connectivity index (χ2v) is 8.70. The van der Waals surface area contributed by atoms with Gasteiger partial charge in [-0.3, -0.25) is 4.79 Å². The van der Waals surface area contributed by atoms with E-state index in [1.807, 2.05) is 43.0 Å². The van der Waals surface area contributed by atoms with Gasteiger partial charge < -0.3 is 19.6 Å². The van der Waals surface area contributed by atoms with Crippen molar-refractivity contribution >= 4 is 17.6 Å². The number of phenolic OH excluding ortho intramolecular Hbond substituents is 1. The standard InChI is InChI=1S/C26H34N2O5/c1-19-15-21-17-22(27-32-18-24(30)28-13-9-6-10-14-28)12-8-5-3-4-7-11-20(2)33-26(31)25(21)23(29)16-19/h4,7-8,12,15-16,20,29H,3,5-6,9-11,13-14,17-18H2,1-2H3/b7-4+,12-8+,27-22?/t20-/m1/s1. The number of piperidine rings is 1. The minimum atomic E-state index is -0.565. The van der Waals surface area contributed by atoms with Gasteiger partial charge in [-0.15, -0.1) is 0 Å². The minimum Gasteiger partial charge on any atom is -0.507 e. The molecule has 1 fully saturated rings. The number of phenols is 1. The van der Waals surface area contributed by atoms with Crippen LogP contribution in [0.1, 0.15) is 66.9 Å². The number of amides is 1. The van der Waals surface area contributed by atoms with E-state index in [0.29, 0.717) is 17.7 Å². The molecule has 0 bridgehead atoms. The van der Waals surface area contributed by atoms with Crippen molar-refractivity contribution in [3.8, 4) is 5.75 Å². The number of esters is 1. The lowest BCUT2D eigenvalue weighted by Crippen LogP contribution is -2.37. The highest BCUT2D eigenvalue weighted by atomic mass is 16.6. The van der Waals surface area contributed by atoms with Crippen LogP contribution in [0.3, 0.4) is 0 Å². The van der Waals surface area contributed by atoms with Crippen LogP contribution in [0.15, 0.2) is 41.6 Å². The molecular formula is C26H34N2O5. The third-order valence-electron chi connectivity index (χ3n) is 5.75. The molecule has 2 aliphatic heterocycles. The third-order valence-corrected chi connectivity index (χ3v) is 5.75. The SMILES string of the molecule is Cc1cc(O)c2c(c1)CC(=NOCC(=O)N1CCCCC1)/C=C/CC/C=C/C[C@@H](C)OC2=O. The minimum absolute atomic E-state index is 0.0690. The predicted octanol–water partition coefficient (Wildman–Crippen LogP) is 4.47. The molecule has 1 aromatic rings. The van der Waals surface area contributed by atoms with E-state index >= 15 is 0 Å². The Hall–Kier alpha value is -3.09. The fourth-order valence-electron chi connectivity index (χ4n) is 4.05. The monoisotopic (exact) mass is 454 g/mol. The van der Waals surface area contributed by atoms with E-state index in [1.54, 1.807) is 6.07 Å². The first kappa shape index (κ1) is 24.6. The Kier molecular flexibility index (Phi) is 9.10. The van der Waals surface area contributed by atoms with Gasteiger partial charge in [-0.1, -0.05) is 29.5 Å². The molecule has 0 unspecified atom stereocenters. The summed E-state index contributed by atoms with van der Waals surface area (Å²) in [4.78, 5) is 32.5.